The van der Waals surface area contributed by atoms with Crippen LogP contribution in [0.3, 0.4) is 0 Å². The van der Waals surface area contributed by atoms with Gasteiger partial charge in [0.15, 0.2) is 0 Å². The van der Waals surface area contributed by atoms with E-state index < -0.39 is 0 Å². The first kappa shape index (κ1) is 13.5. The van der Waals surface area contributed by atoms with E-state index in [2.05, 4.69) is 23.3 Å². The van der Waals surface area contributed by atoms with Crippen molar-refractivity contribution < 1.29 is 9.15 Å². The van der Waals surface area contributed by atoms with Crippen molar-refractivity contribution in [3.63, 3.8) is 0 Å². The third-order valence-electron chi connectivity index (χ3n) is 3.00. The molecule has 2 rings (SSSR count). The van der Waals surface area contributed by atoms with E-state index in [4.69, 9.17) is 9.15 Å². The van der Waals surface area contributed by atoms with Gasteiger partial charge >= 0.3 is 0 Å². The van der Waals surface area contributed by atoms with Crippen molar-refractivity contribution in [2.45, 2.75) is 6.54 Å². The summed E-state index contributed by atoms with van der Waals surface area (Å²) in [5.41, 5.74) is 1.10. The number of benzene rings is 1. The fourth-order valence-electron chi connectivity index (χ4n) is 1.94. The first-order valence-electron chi connectivity index (χ1n) is 6.38. The van der Waals surface area contributed by atoms with E-state index in [0.29, 0.717) is 0 Å². The molecule has 0 aliphatic rings. The molecule has 4 heteroatoms. The summed E-state index contributed by atoms with van der Waals surface area (Å²) in [6.45, 7) is 2.54. The number of anilines is 1. The summed E-state index contributed by atoms with van der Waals surface area (Å²) in [6, 6.07) is 11.9. The van der Waals surface area contributed by atoms with E-state index in [9.17, 15) is 0 Å². The van der Waals surface area contributed by atoms with Crippen molar-refractivity contribution in [2.24, 2.45) is 0 Å². The molecule has 19 heavy (non-hydrogen) atoms. The Morgan fingerprint density at radius 2 is 2.05 bits per heavy atom. The van der Waals surface area contributed by atoms with Crippen LogP contribution in [0.25, 0.3) is 0 Å². The second kappa shape index (κ2) is 6.85. The molecule has 0 unspecified atom stereocenters. The Kier molecular flexibility index (Phi) is 4.86. The molecule has 0 atom stereocenters. The Hall–Kier alpha value is -1.94. The Bertz CT molecular complexity index is 483. The van der Waals surface area contributed by atoms with E-state index >= 15 is 0 Å². The molecule has 0 bridgehead atoms. The molecule has 4 nitrogen and oxygen atoms in total. The number of nitrogens with one attached hydrogen (secondary N) is 1. The summed E-state index contributed by atoms with van der Waals surface area (Å²) in [5, 5.41) is 3.35. The Balaban J connectivity index is 1.79. The molecule has 0 saturated heterocycles. The minimum Gasteiger partial charge on any atom is -0.495 e. The van der Waals surface area contributed by atoms with E-state index in [1.165, 1.54) is 0 Å². The van der Waals surface area contributed by atoms with Gasteiger partial charge in [-0.1, -0.05) is 12.1 Å². The molecule has 2 aromatic rings. The van der Waals surface area contributed by atoms with E-state index in [0.717, 1.165) is 36.8 Å². The van der Waals surface area contributed by atoms with Crippen LogP contribution in [0.4, 0.5) is 5.69 Å². The van der Waals surface area contributed by atoms with Crippen molar-refractivity contribution in [3.8, 4) is 5.75 Å². The molecule has 0 spiro atoms. The number of furan rings is 1. The van der Waals surface area contributed by atoms with Crippen LogP contribution in [0.5, 0.6) is 5.75 Å². The fraction of sp³-hybridized carbons (Fsp3) is 0.333. The summed E-state index contributed by atoms with van der Waals surface area (Å²) in [4.78, 5) is 2.17. The van der Waals surface area contributed by atoms with Gasteiger partial charge in [-0.2, -0.15) is 0 Å². The van der Waals surface area contributed by atoms with Crippen molar-refractivity contribution in [1.29, 1.82) is 0 Å². The number of likely N-dealkylation sites (N-methyl/N-ethyl adjacent to an activating group) is 1. The van der Waals surface area contributed by atoms with Crippen LogP contribution in [0.2, 0.25) is 0 Å². The third-order valence-corrected chi connectivity index (χ3v) is 3.00. The predicted octanol–water partition coefficient (Wildman–Crippen LogP) is 2.51. The van der Waals surface area contributed by atoms with Crippen molar-refractivity contribution in [2.75, 3.05) is 32.1 Å². The van der Waals surface area contributed by atoms with Crippen LogP contribution >= 0.6 is 0 Å². The van der Waals surface area contributed by atoms with Gasteiger partial charge in [-0.25, -0.2) is 0 Å². The van der Waals surface area contributed by atoms with Crippen LogP contribution in [0.15, 0.2) is 47.1 Å². The summed E-state index contributed by atoms with van der Waals surface area (Å²) in [6.07, 6.45) is 1.69. The Morgan fingerprint density at radius 3 is 2.79 bits per heavy atom. The SMILES string of the molecule is COc1ccccc1N(C)CCNCc1ccco1. The van der Waals surface area contributed by atoms with Crippen LogP contribution in [0, 0.1) is 0 Å². The van der Waals surface area contributed by atoms with Crippen molar-refractivity contribution >= 4 is 5.69 Å². The van der Waals surface area contributed by atoms with E-state index in [1.807, 2.05) is 30.3 Å². The monoisotopic (exact) mass is 260 g/mol. The summed E-state index contributed by atoms with van der Waals surface area (Å²) < 4.78 is 10.6. The number of para-hydroxylation sites is 2. The minimum atomic E-state index is 0.757. The van der Waals surface area contributed by atoms with E-state index in [1.54, 1.807) is 13.4 Å². The molecule has 1 heterocycles. The molecular weight excluding hydrogens is 240 g/mol. The second-order valence-electron chi connectivity index (χ2n) is 4.35. The fourth-order valence-corrected chi connectivity index (χ4v) is 1.94. The van der Waals surface area contributed by atoms with Crippen molar-refractivity contribution in [1.82, 2.24) is 5.32 Å². The maximum atomic E-state index is 5.35. The van der Waals surface area contributed by atoms with Gasteiger partial charge in [0.1, 0.15) is 11.5 Å². The maximum absolute atomic E-state index is 5.35. The van der Waals surface area contributed by atoms with Gasteiger partial charge in [-0.05, 0) is 24.3 Å². The second-order valence-corrected chi connectivity index (χ2v) is 4.35. The highest BCUT2D eigenvalue weighted by Crippen LogP contribution is 2.25. The molecule has 0 amide bonds. The van der Waals surface area contributed by atoms with Crippen LogP contribution in [-0.2, 0) is 6.54 Å². The number of ether oxygens (including phenoxy) is 1. The molecule has 0 fully saturated rings. The number of rotatable bonds is 7. The normalized spacial score (nSPS) is 10.4. The number of nitrogens with zero attached hydrogens (tertiary/aromatic N) is 1. The molecule has 0 saturated carbocycles. The lowest BCUT2D eigenvalue weighted by atomic mass is 10.2. The number of hydrogen-bond acceptors (Lipinski definition) is 4. The molecule has 0 aliphatic carbocycles. The zero-order valence-electron chi connectivity index (χ0n) is 11.4. The van der Waals surface area contributed by atoms with Crippen LogP contribution in [0.1, 0.15) is 5.76 Å². The molecular formula is C15H20N2O2. The Labute approximate surface area is 114 Å². The first-order chi connectivity index (χ1) is 9.31. The highest BCUT2D eigenvalue weighted by atomic mass is 16.5. The Morgan fingerprint density at radius 1 is 1.21 bits per heavy atom. The highest BCUT2D eigenvalue weighted by Gasteiger charge is 2.06. The van der Waals surface area contributed by atoms with Gasteiger partial charge in [-0.15, -0.1) is 0 Å². The summed E-state index contributed by atoms with van der Waals surface area (Å²) >= 11 is 0. The van der Waals surface area contributed by atoms with Crippen LogP contribution < -0.4 is 15.0 Å². The quantitative estimate of drug-likeness (QED) is 0.776. The van der Waals surface area contributed by atoms with Gasteiger partial charge in [0.2, 0.25) is 0 Å². The topological polar surface area (TPSA) is 37.6 Å². The average molecular weight is 260 g/mol. The molecule has 1 N–H and O–H groups in total. The zero-order valence-corrected chi connectivity index (χ0v) is 11.4. The zero-order chi connectivity index (χ0) is 13.5. The largest absolute Gasteiger partial charge is 0.495 e. The molecule has 1 aromatic carbocycles. The van der Waals surface area contributed by atoms with Gasteiger partial charge in [0, 0.05) is 20.1 Å². The summed E-state index contributed by atoms with van der Waals surface area (Å²) in [7, 11) is 3.76. The lowest BCUT2D eigenvalue weighted by molar-refractivity contribution is 0.414. The molecule has 1 aromatic heterocycles. The number of hydrogen-bond donors (Lipinski definition) is 1. The highest BCUT2D eigenvalue weighted by molar-refractivity contribution is 5.57. The minimum absolute atomic E-state index is 0.757. The standard InChI is InChI=1S/C15H20N2O2/c1-17(14-7-3-4-8-15(14)18-2)10-9-16-12-13-6-5-11-19-13/h3-8,11,16H,9-10,12H2,1-2H3. The summed E-state index contributed by atoms with van der Waals surface area (Å²) in [5.74, 6) is 1.86. The van der Waals surface area contributed by atoms with E-state index in [-0.39, 0.29) is 0 Å². The molecule has 0 aliphatic heterocycles. The maximum Gasteiger partial charge on any atom is 0.142 e. The predicted molar refractivity (Wildman–Crippen MR) is 76.7 cm³/mol. The van der Waals surface area contributed by atoms with Gasteiger partial charge in [0.25, 0.3) is 0 Å². The van der Waals surface area contributed by atoms with Gasteiger partial charge in [-0.3, -0.25) is 0 Å². The lowest BCUT2D eigenvalue weighted by Gasteiger charge is -2.21. The average Bonchev–Trinajstić information content (AvgIpc) is 2.96. The first-order valence-corrected chi connectivity index (χ1v) is 6.38. The smallest absolute Gasteiger partial charge is 0.142 e. The molecule has 0 radical (unpaired) electrons. The van der Waals surface area contributed by atoms with Crippen molar-refractivity contribution in [3.05, 3.63) is 48.4 Å². The van der Waals surface area contributed by atoms with Gasteiger partial charge < -0.3 is 19.4 Å². The van der Waals surface area contributed by atoms with Crippen LogP contribution in [-0.4, -0.2) is 27.2 Å². The lowest BCUT2D eigenvalue weighted by Crippen LogP contribution is -2.29. The van der Waals surface area contributed by atoms with Gasteiger partial charge in [0.05, 0.1) is 25.6 Å². The number of methoxy groups -OCH3 is 1. The molecule has 102 valence electrons. The third kappa shape index (κ3) is 3.76.